The summed E-state index contributed by atoms with van der Waals surface area (Å²) in [5.74, 6) is -0.441. The third-order valence-corrected chi connectivity index (χ3v) is 6.17. The molecule has 0 radical (unpaired) electrons. The van der Waals surface area contributed by atoms with Gasteiger partial charge in [0.15, 0.2) is 5.78 Å². The van der Waals surface area contributed by atoms with E-state index in [1.807, 2.05) is 65.2 Å². The Morgan fingerprint density at radius 1 is 1.11 bits per heavy atom. The van der Waals surface area contributed by atoms with E-state index in [2.05, 4.69) is 39.6 Å². The molecule has 0 bridgehead atoms. The second-order valence-corrected chi connectivity index (χ2v) is 9.88. The lowest BCUT2D eigenvalue weighted by molar-refractivity contribution is -0.114. The lowest BCUT2D eigenvalue weighted by Crippen LogP contribution is -2.11. The van der Waals surface area contributed by atoms with E-state index in [0.29, 0.717) is 11.2 Å². The summed E-state index contributed by atoms with van der Waals surface area (Å²) >= 11 is 0. The van der Waals surface area contributed by atoms with Gasteiger partial charge < -0.3 is 14.6 Å². The molecule has 4 aromatic rings. The standard InChI is InChI=1S/C31H33N3O3/c1-7-26(35)15-24-14-22(12-11-20(24)4)28-27-16-25(31(36)37-19(2)3)17-32-30(27)33-29(28)23-10-8-9-21(13-23)18-34(5)6/h7-14,16-17,19H,1,15,18H2,2-6H3,(H,32,33). The Morgan fingerprint density at radius 3 is 2.59 bits per heavy atom. The van der Waals surface area contributed by atoms with Crippen LogP contribution in [0.2, 0.25) is 0 Å². The highest BCUT2D eigenvalue weighted by atomic mass is 16.5. The number of aryl methyl sites for hydroxylation is 1. The normalized spacial score (nSPS) is 11.3. The highest BCUT2D eigenvalue weighted by Crippen LogP contribution is 2.39. The third kappa shape index (κ3) is 5.87. The number of carbonyl (C=O) groups excluding carboxylic acids is 2. The molecule has 37 heavy (non-hydrogen) atoms. The number of hydrogen-bond donors (Lipinski definition) is 1. The lowest BCUT2D eigenvalue weighted by atomic mass is 9.93. The van der Waals surface area contributed by atoms with Gasteiger partial charge >= 0.3 is 5.97 Å². The molecule has 0 fully saturated rings. The molecule has 0 saturated heterocycles. The molecule has 2 aromatic carbocycles. The number of esters is 1. The minimum absolute atomic E-state index is 0.0313. The molecule has 0 spiro atoms. The van der Waals surface area contributed by atoms with Crippen molar-refractivity contribution in [2.45, 2.75) is 39.8 Å². The molecule has 4 rings (SSSR count). The van der Waals surface area contributed by atoms with E-state index < -0.39 is 5.97 Å². The first-order chi connectivity index (χ1) is 17.7. The minimum atomic E-state index is -0.410. The smallest absolute Gasteiger partial charge is 0.339 e. The predicted molar refractivity (Wildman–Crippen MR) is 149 cm³/mol. The maximum absolute atomic E-state index is 12.7. The molecule has 0 aliphatic rings. The van der Waals surface area contributed by atoms with E-state index in [9.17, 15) is 9.59 Å². The van der Waals surface area contributed by atoms with Crippen LogP contribution in [0.3, 0.4) is 0 Å². The van der Waals surface area contributed by atoms with Crippen molar-refractivity contribution >= 4 is 22.8 Å². The molecule has 0 amide bonds. The number of hydrogen-bond acceptors (Lipinski definition) is 5. The molecule has 2 aromatic heterocycles. The van der Waals surface area contributed by atoms with Crippen molar-refractivity contribution in [2.24, 2.45) is 0 Å². The molecular weight excluding hydrogens is 462 g/mol. The van der Waals surface area contributed by atoms with Gasteiger partial charge in [0.2, 0.25) is 0 Å². The average molecular weight is 496 g/mol. The second-order valence-electron chi connectivity index (χ2n) is 9.88. The van der Waals surface area contributed by atoms with Crippen LogP contribution < -0.4 is 0 Å². The number of fused-ring (bicyclic) bond motifs is 1. The van der Waals surface area contributed by atoms with Crippen LogP contribution >= 0.6 is 0 Å². The zero-order chi connectivity index (χ0) is 26.7. The number of nitrogens with zero attached hydrogens (tertiary/aromatic N) is 2. The summed E-state index contributed by atoms with van der Waals surface area (Å²) in [4.78, 5) is 35.1. The van der Waals surface area contributed by atoms with Crippen LogP contribution in [0, 0.1) is 6.92 Å². The number of pyridine rings is 1. The van der Waals surface area contributed by atoms with Crippen LogP contribution in [0.15, 0.2) is 67.4 Å². The molecule has 0 saturated carbocycles. The summed E-state index contributed by atoms with van der Waals surface area (Å²) in [5, 5.41) is 0.816. The number of aromatic amines is 1. The van der Waals surface area contributed by atoms with Gasteiger partial charge in [0, 0.05) is 30.1 Å². The Hall–Kier alpha value is -4.03. The third-order valence-electron chi connectivity index (χ3n) is 6.17. The monoisotopic (exact) mass is 495 g/mol. The largest absolute Gasteiger partial charge is 0.459 e. The van der Waals surface area contributed by atoms with Crippen molar-refractivity contribution in [1.82, 2.24) is 14.9 Å². The topological polar surface area (TPSA) is 75.3 Å². The van der Waals surface area contributed by atoms with E-state index in [0.717, 1.165) is 45.4 Å². The van der Waals surface area contributed by atoms with Crippen LogP contribution in [-0.2, 0) is 22.5 Å². The van der Waals surface area contributed by atoms with Crippen molar-refractivity contribution < 1.29 is 14.3 Å². The van der Waals surface area contributed by atoms with Crippen molar-refractivity contribution in [3.8, 4) is 22.4 Å². The highest BCUT2D eigenvalue weighted by Gasteiger charge is 2.20. The van der Waals surface area contributed by atoms with Crippen LogP contribution in [0.25, 0.3) is 33.4 Å². The summed E-state index contributed by atoms with van der Waals surface area (Å²) in [6, 6.07) is 16.3. The SMILES string of the molecule is C=CC(=O)Cc1cc(-c2c(-c3cccc(CN(C)C)c3)[nH]c3ncc(C(=O)OC(C)C)cc23)ccc1C. The van der Waals surface area contributed by atoms with E-state index >= 15 is 0 Å². The van der Waals surface area contributed by atoms with Gasteiger partial charge in [0.05, 0.1) is 17.4 Å². The Bertz CT molecular complexity index is 1480. The molecule has 0 unspecified atom stereocenters. The zero-order valence-electron chi connectivity index (χ0n) is 22.1. The van der Waals surface area contributed by atoms with E-state index in [1.165, 1.54) is 11.6 Å². The van der Waals surface area contributed by atoms with Crippen molar-refractivity contribution in [1.29, 1.82) is 0 Å². The van der Waals surface area contributed by atoms with Crippen LogP contribution in [0.1, 0.15) is 40.9 Å². The Kier molecular flexibility index (Phi) is 7.69. The van der Waals surface area contributed by atoms with Crippen LogP contribution in [0.5, 0.6) is 0 Å². The number of nitrogens with one attached hydrogen (secondary N) is 1. The summed E-state index contributed by atoms with van der Waals surface area (Å²) in [5.41, 5.74) is 8.01. The number of ether oxygens (including phenoxy) is 1. The fraction of sp³-hybridized carbons (Fsp3) is 0.258. The molecule has 6 nitrogen and oxygen atoms in total. The van der Waals surface area contributed by atoms with Gasteiger partial charge in [-0.15, -0.1) is 0 Å². The van der Waals surface area contributed by atoms with Gasteiger partial charge in [-0.1, -0.05) is 43.0 Å². The van der Waals surface area contributed by atoms with Crippen LogP contribution in [0.4, 0.5) is 0 Å². The van der Waals surface area contributed by atoms with E-state index in [-0.39, 0.29) is 18.3 Å². The first kappa shape index (κ1) is 26.0. The first-order valence-corrected chi connectivity index (χ1v) is 12.4. The minimum Gasteiger partial charge on any atom is -0.459 e. The molecule has 0 aliphatic heterocycles. The van der Waals surface area contributed by atoms with E-state index in [1.54, 1.807) is 6.20 Å². The van der Waals surface area contributed by atoms with Gasteiger partial charge in [-0.25, -0.2) is 9.78 Å². The average Bonchev–Trinajstić information content (AvgIpc) is 3.23. The van der Waals surface area contributed by atoms with Crippen molar-refractivity contribution in [3.05, 3.63) is 89.6 Å². The van der Waals surface area contributed by atoms with Gasteiger partial charge in [-0.2, -0.15) is 0 Å². The molecule has 190 valence electrons. The molecule has 6 heteroatoms. The molecular formula is C31H33N3O3. The highest BCUT2D eigenvalue weighted by molar-refractivity contribution is 6.05. The summed E-state index contributed by atoms with van der Waals surface area (Å²) in [6.07, 6.45) is 2.95. The Morgan fingerprint density at radius 2 is 1.89 bits per heavy atom. The zero-order valence-corrected chi connectivity index (χ0v) is 22.1. The van der Waals surface area contributed by atoms with Crippen molar-refractivity contribution in [3.63, 3.8) is 0 Å². The number of benzene rings is 2. The van der Waals surface area contributed by atoms with Crippen molar-refractivity contribution in [2.75, 3.05) is 14.1 Å². The summed E-state index contributed by atoms with van der Waals surface area (Å²) in [6.45, 7) is 10.1. The number of rotatable bonds is 9. The number of aromatic nitrogens is 2. The lowest BCUT2D eigenvalue weighted by Gasteiger charge is -2.13. The van der Waals surface area contributed by atoms with Crippen LogP contribution in [-0.4, -0.2) is 46.8 Å². The second kappa shape index (κ2) is 10.9. The quantitative estimate of drug-likeness (QED) is 0.223. The number of allylic oxidation sites excluding steroid dienone is 1. The Balaban J connectivity index is 1.95. The first-order valence-electron chi connectivity index (χ1n) is 12.4. The van der Waals surface area contributed by atoms with Gasteiger partial charge in [-0.05, 0) is 80.9 Å². The number of H-pyrrole nitrogens is 1. The Labute approximate surface area is 218 Å². The predicted octanol–water partition coefficient (Wildman–Crippen LogP) is 6.13. The maximum atomic E-state index is 12.7. The number of carbonyl (C=O) groups is 2. The van der Waals surface area contributed by atoms with Gasteiger partial charge in [0.1, 0.15) is 5.65 Å². The van der Waals surface area contributed by atoms with Gasteiger partial charge in [-0.3, -0.25) is 4.79 Å². The fourth-order valence-electron chi connectivity index (χ4n) is 4.45. The fourth-order valence-corrected chi connectivity index (χ4v) is 4.45. The molecule has 2 heterocycles. The molecule has 0 aliphatic carbocycles. The molecule has 1 N–H and O–H groups in total. The summed E-state index contributed by atoms with van der Waals surface area (Å²) in [7, 11) is 4.09. The van der Waals surface area contributed by atoms with E-state index in [4.69, 9.17) is 4.74 Å². The van der Waals surface area contributed by atoms with Gasteiger partial charge in [0.25, 0.3) is 0 Å². The number of ketones is 1. The summed E-state index contributed by atoms with van der Waals surface area (Å²) < 4.78 is 5.43. The maximum Gasteiger partial charge on any atom is 0.339 e. The molecule has 0 atom stereocenters.